The minimum Gasteiger partial charge on any atom is -0.373 e. The molecule has 2 aliphatic carbocycles. The van der Waals surface area contributed by atoms with Crippen molar-refractivity contribution in [3.8, 4) is 0 Å². The maximum Gasteiger partial charge on any atom is 0.0721 e. The molecule has 0 atom stereocenters. The monoisotopic (exact) mass is 422 g/mol. The lowest BCUT2D eigenvalue weighted by Gasteiger charge is -2.38. The topological polar surface area (TPSA) is 9.23 Å². The Morgan fingerprint density at radius 2 is 1.42 bits per heavy atom. The summed E-state index contributed by atoms with van der Waals surface area (Å²) in [5.74, 6) is 4.04. The maximum absolute atomic E-state index is 5.65. The standard InChI is InChI=1S/C30H46O/c1-3-5-7-8-25-15-19-29(20-16-25)30-21-17-27(18-22-30)10-9-26-11-13-28(14-12-26)24-31-23-6-4-2/h3-4,6,11-14,25,27,29-30H,1,5,7-10,15-24H2,2H3. The molecule has 0 amide bonds. The van der Waals surface area contributed by atoms with E-state index in [4.69, 9.17) is 4.74 Å². The zero-order valence-electron chi connectivity index (χ0n) is 20.1. The quantitative estimate of drug-likeness (QED) is 0.242. The molecule has 2 saturated carbocycles. The van der Waals surface area contributed by atoms with Crippen LogP contribution in [-0.4, -0.2) is 6.61 Å². The normalized spacial score (nSPS) is 26.9. The van der Waals surface area contributed by atoms with E-state index in [0.29, 0.717) is 13.2 Å². The van der Waals surface area contributed by atoms with E-state index in [-0.39, 0.29) is 0 Å². The zero-order chi connectivity index (χ0) is 21.7. The second-order valence-corrected chi connectivity index (χ2v) is 10.2. The van der Waals surface area contributed by atoms with Gasteiger partial charge in [-0.2, -0.15) is 0 Å². The Bertz CT molecular complexity index is 627. The van der Waals surface area contributed by atoms with Gasteiger partial charge >= 0.3 is 0 Å². The fourth-order valence-corrected chi connectivity index (χ4v) is 5.96. The van der Waals surface area contributed by atoms with Crippen molar-refractivity contribution in [1.82, 2.24) is 0 Å². The number of ether oxygens (including phenoxy) is 1. The van der Waals surface area contributed by atoms with Crippen LogP contribution in [0.3, 0.4) is 0 Å². The van der Waals surface area contributed by atoms with Crippen LogP contribution in [0.4, 0.5) is 0 Å². The average Bonchev–Trinajstić information content (AvgIpc) is 2.82. The minimum atomic E-state index is 0.706. The van der Waals surface area contributed by atoms with Crippen molar-refractivity contribution in [1.29, 1.82) is 0 Å². The van der Waals surface area contributed by atoms with Crippen molar-refractivity contribution in [3.05, 3.63) is 60.2 Å². The second kappa shape index (κ2) is 13.9. The van der Waals surface area contributed by atoms with Crippen LogP contribution in [-0.2, 0) is 17.8 Å². The molecule has 0 bridgehead atoms. The fourth-order valence-electron chi connectivity index (χ4n) is 5.96. The average molecular weight is 423 g/mol. The molecule has 2 aliphatic rings. The van der Waals surface area contributed by atoms with Crippen molar-refractivity contribution in [2.24, 2.45) is 23.7 Å². The van der Waals surface area contributed by atoms with E-state index in [9.17, 15) is 0 Å². The summed E-state index contributed by atoms with van der Waals surface area (Å²) < 4.78 is 5.65. The van der Waals surface area contributed by atoms with Gasteiger partial charge in [-0.05, 0) is 93.1 Å². The first-order chi connectivity index (χ1) is 15.3. The van der Waals surface area contributed by atoms with Crippen LogP contribution < -0.4 is 0 Å². The number of allylic oxidation sites excluding steroid dienone is 2. The molecule has 1 aromatic rings. The van der Waals surface area contributed by atoms with E-state index >= 15 is 0 Å². The highest BCUT2D eigenvalue weighted by atomic mass is 16.5. The molecular weight excluding hydrogens is 376 g/mol. The van der Waals surface area contributed by atoms with Gasteiger partial charge in [0.25, 0.3) is 0 Å². The molecule has 172 valence electrons. The maximum atomic E-state index is 5.65. The van der Waals surface area contributed by atoms with Crippen LogP contribution >= 0.6 is 0 Å². The zero-order valence-corrected chi connectivity index (χ0v) is 20.1. The largest absolute Gasteiger partial charge is 0.373 e. The van der Waals surface area contributed by atoms with Gasteiger partial charge in [-0.3, -0.25) is 0 Å². The fraction of sp³-hybridized carbons (Fsp3) is 0.667. The molecule has 0 spiro atoms. The van der Waals surface area contributed by atoms with Gasteiger partial charge in [0.05, 0.1) is 13.2 Å². The van der Waals surface area contributed by atoms with Gasteiger partial charge in [-0.25, -0.2) is 0 Å². The first-order valence-electron chi connectivity index (χ1n) is 13.2. The van der Waals surface area contributed by atoms with Crippen LogP contribution in [0.15, 0.2) is 49.1 Å². The molecule has 0 N–H and O–H groups in total. The number of rotatable bonds is 12. The molecule has 31 heavy (non-hydrogen) atoms. The summed E-state index contributed by atoms with van der Waals surface area (Å²) in [5.41, 5.74) is 2.78. The molecule has 1 heteroatoms. The predicted molar refractivity (Wildman–Crippen MR) is 134 cm³/mol. The van der Waals surface area contributed by atoms with Crippen LogP contribution in [0.1, 0.15) is 95.1 Å². The molecule has 0 radical (unpaired) electrons. The molecule has 2 fully saturated rings. The first kappa shape index (κ1) is 24.3. The summed E-state index contributed by atoms with van der Waals surface area (Å²) in [6.07, 6.45) is 24.8. The molecule has 0 saturated heterocycles. The van der Waals surface area contributed by atoms with E-state index in [1.54, 1.807) is 0 Å². The Balaban J connectivity index is 1.29. The van der Waals surface area contributed by atoms with Gasteiger partial charge in [0, 0.05) is 0 Å². The summed E-state index contributed by atoms with van der Waals surface area (Å²) in [4.78, 5) is 0. The SMILES string of the molecule is C=CCCCC1CCC(C2CCC(CCc3ccc(COCC=CC)cc3)CC2)CC1. The molecule has 1 aromatic carbocycles. The van der Waals surface area contributed by atoms with Gasteiger partial charge in [-0.15, -0.1) is 6.58 Å². The molecule has 3 rings (SSSR count). The molecule has 1 nitrogen and oxygen atoms in total. The Labute approximate surface area is 192 Å². The predicted octanol–water partition coefficient (Wildman–Crippen LogP) is 8.68. The van der Waals surface area contributed by atoms with Crippen molar-refractivity contribution < 1.29 is 4.74 Å². The Hall–Kier alpha value is -1.34. The lowest BCUT2D eigenvalue weighted by atomic mass is 9.68. The van der Waals surface area contributed by atoms with Crippen LogP contribution in [0.25, 0.3) is 0 Å². The van der Waals surface area contributed by atoms with Crippen LogP contribution in [0, 0.1) is 23.7 Å². The summed E-state index contributed by atoms with van der Waals surface area (Å²) >= 11 is 0. The van der Waals surface area contributed by atoms with E-state index in [1.165, 1.54) is 94.6 Å². The van der Waals surface area contributed by atoms with E-state index < -0.39 is 0 Å². The highest BCUT2D eigenvalue weighted by molar-refractivity contribution is 5.22. The molecule has 0 unspecified atom stereocenters. The van der Waals surface area contributed by atoms with Gasteiger partial charge in [0.2, 0.25) is 0 Å². The highest BCUT2D eigenvalue weighted by Gasteiger charge is 2.30. The number of unbranched alkanes of at least 4 members (excludes halogenated alkanes) is 1. The van der Waals surface area contributed by atoms with E-state index in [0.717, 1.165) is 23.7 Å². The molecule has 0 heterocycles. The van der Waals surface area contributed by atoms with Gasteiger partial charge < -0.3 is 4.74 Å². The Morgan fingerprint density at radius 3 is 2.00 bits per heavy atom. The second-order valence-electron chi connectivity index (χ2n) is 10.2. The van der Waals surface area contributed by atoms with Gasteiger partial charge in [-0.1, -0.05) is 74.6 Å². The van der Waals surface area contributed by atoms with Crippen molar-refractivity contribution in [2.45, 2.75) is 97.0 Å². The molecule has 0 aliphatic heterocycles. The van der Waals surface area contributed by atoms with Crippen molar-refractivity contribution in [3.63, 3.8) is 0 Å². The van der Waals surface area contributed by atoms with Crippen molar-refractivity contribution >= 4 is 0 Å². The smallest absolute Gasteiger partial charge is 0.0721 e. The number of hydrogen-bond donors (Lipinski definition) is 0. The van der Waals surface area contributed by atoms with Gasteiger partial charge in [0.1, 0.15) is 0 Å². The summed E-state index contributed by atoms with van der Waals surface area (Å²) in [7, 11) is 0. The number of benzene rings is 1. The van der Waals surface area contributed by atoms with Crippen LogP contribution in [0.2, 0.25) is 0 Å². The lowest BCUT2D eigenvalue weighted by molar-refractivity contribution is 0.141. The lowest BCUT2D eigenvalue weighted by Crippen LogP contribution is -2.26. The Kier molecular flexibility index (Phi) is 10.9. The molecule has 0 aromatic heterocycles. The third kappa shape index (κ3) is 8.60. The Morgan fingerprint density at radius 1 is 0.839 bits per heavy atom. The number of hydrogen-bond acceptors (Lipinski definition) is 1. The third-order valence-corrected chi connectivity index (χ3v) is 8.05. The summed E-state index contributed by atoms with van der Waals surface area (Å²) in [5, 5.41) is 0. The van der Waals surface area contributed by atoms with Crippen molar-refractivity contribution in [2.75, 3.05) is 6.61 Å². The molecular formula is C30H46O. The number of aryl methyl sites for hydroxylation is 1. The summed E-state index contributed by atoms with van der Waals surface area (Å²) in [6.45, 7) is 7.32. The summed E-state index contributed by atoms with van der Waals surface area (Å²) in [6, 6.07) is 9.12. The third-order valence-electron chi connectivity index (χ3n) is 8.05. The first-order valence-corrected chi connectivity index (χ1v) is 13.2. The van der Waals surface area contributed by atoms with Gasteiger partial charge in [0.15, 0.2) is 0 Å². The minimum absolute atomic E-state index is 0.706. The van der Waals surface area contributed by atoms with E-state index in [2.05, 4.69) is 43.0 Å². The highest BCUT2D eigenvalue weighted by Crippen LogP contribution is 2.43. The van der Waals surface area contributed by atoms with E-state index in [1.807, 2.05) is 13.0 Å². The van der Waals surface area contributed by atoms with Crippen LogP contribution in [0.5, 0.6) is 0 Å².